The number of benzene rings is 3. The van der Waals surface area contributed by atoms with E-state index in [9.17, 15) is 39.6 Å². The zero-order valence-electron chi connectivity index (χ0n) is 26.9. The zero-order chi connectivity index (χ0) is 34.7. The number of carbonyl (C=O) groups excluding carboxylic acids is 4. The van der Waals surface area contributed by atoms with Gasteiger partial charge in [0, 0.05) is 24.0 Å². The molecule has 0 radical (unpaired) electrons. The first-order chi connectivity index (χ1) is 22.8. The van der Waals surface area contributed by atoms with Crippen LogP contribution in [0.1, 0.15) is 43.9 Å². The third-order valence-electron chi connectivity index (χ3n) is 10.0. The molecule has 11 heteroatoms. The second kappa shape index (κ2) is 12.2. The summed E-state index contributed by atoms with van der Waals surface area (Å²) >= 11 is 0. The van der Waals surface area contributed by atoms with Crippen LogP contribution in [0.4, 0.5) is 0 Å². The molecule has 0 aliphatic heterocycles. The van der Waals surface area contributed by atoms with Crippen LogP contribution >= 0.6 is 0 Å². The van der Waals surface area contributed by atoms with E-state index in [1.165, 1.54) is 6.07 Å². The number of nitrogens with two attached hydrogens (primary N) is 1. The van der Waals surface area contributed by atoms with Crippen LogP contribution in [0.25, 0.3) is 27.7 Å². The van der Waals surface area contributed by atoms with E-state index in [0.29, 0.717) is 24.3 Å². The Morgan fingerprint density at radius 3 is 2.38 bits per heavy atom. The molecule has 0 spiro atoms. The first-order valence-corrected chi connectivity index (χ1v) is 16.0. The molecule has 3 aliphatic carbocycles. The van der Waals surface area contributed by atoms with Crippen molar-refractivity contribution in [3.8, 4) is 16.9 Å². The molecule has 0 unspecified atom stereocenters. The van der Waals surface area contributed by atoms with E-state index in [2.05, 4.69) is 5.32 Å². The van der Waals surface area contributed by atoms with Gasteiger partial charge in [-0.3, -0.25) is 19.2 Å². The number of amides is 1. The number of aliphatic hydroxyl groups excluding tert-OH is 2. The highest BCUT2D eigenvalue weighted by molar-refractivity contribution is 6.23. The Labute approximate surface area is 276 Å². The van der Waals surface area contributed by atoms with Crippen LogP contribution in [0.15, 0.2) is 65.4 Å². The number of phenols is 1. The number of primary amides is 1. The van der Waals surface area contributed by atoms with Crippen LogP contribution in [-0.4, -0.2) is 62.6 Å². The predicted molar refractivity (Wildman–Crippen MR) is 176 cm³/mol. The Balaban J connectivity index is 1.47. The van der Waals surface area contributed by atoms with E-state index in [4.69, 9.17) is 10.5 Å². The fourth-order valence-corrected chi connectivity index (χ4v) is 8.00. The summed E-state index contributed by atoms with van der Waals surface area (Å²) in [6, 6.07) is 14.8. The van der Waals surface area contributed by atoms with Gasteiger partial charge in [0.25, 0.3) is 5.91 Å². The molecule has 3 aliphatic rings. The number of hydrogen-bond acceptors (Lipinski definition) is 10. The molecule has 1 amide bonds. The number of carbonyl (C=O) groups is 4. The summed E-state index contributed by atoms with van der Waals surface area (Å²) in [7, 11) is 0. The van der Waals surface area contributed by atoms with Crippen molar-refractivity contribution >= 4 is 40.0 Å². The van der Waals surface area contributed by atoms with E-state index in [0.717, 1.165) is 21.9 Å². The lowest BCUT2D eigenvalue weighted by Crippen LogP contribution is -2.62. The molecule has 0 bridgehead atoms. The second-order valence-corrected chi connectivity index (χ2v) is 13.0. The standard InChI is InChI=1S/C37H38N2O9/c1-4-48-27(41)16-39-15-18-9-10-22(21-8-6-5-7-20(18)21)23-11-12-26(40)30-24(23)13-19-14-25-28(17(2)3)32(42)31(36(38)46)35(45)37(25,47)34(44)29(19)33(30)43/h5-12,17,19,25,28,39-40,43,45,47H,4,13-16H2,1-3H3,(H2,38,46)/t19-,25-,28-,37-/m0/s1. The van der Waals surface area contributed by atoms with E-state index < -0.39 is 63.8 Å². The Hall–Kier alpha value is -5.00. The minimum atomic E-state index is -2.66. The van der Waals surface area contributed by atoms with Crippen molar-refractivity contribution in [1.82, 2.24) is 5.32 Å². The lowest BCUT2D eigenvalue weighted by atomic mass is 9.54. The number of hydrogen-bond donors (Lipinski definition) is 6. The lowest BCUT2D eigenvalue weighted by Gasteiger charge is -2.50. The average Bonchev–Trinajstić information content (AvgIpc) is 3.03. The Morgan fingerprint density at radius 2 is 1.71 bits per heavy atom. The van der Waals surface area contributed by atoms with Gasteiger partial charge in [-0.2, -0.15) is 0 Å². The van der Waals surface area contributed by atoms with Gasteiger partial charge in [0.05, 0.1) is 18.7 Å². The van der Waals surface area contributed by atoms with E-state index in [-0.39, 0.29) is 42.2 Å². The van der Waals surface area contributed by atoms with Crippen LogP contribution in [-0.2, 0) is 36.9 Å². The largest absolute Gasteiger partial charge is 0.508 e. The molecule has 3 aromatic carbocycles. The number of rotatable bonds is 8. The van der Waals surface area contributed by atoms with Crippen molar-refractivity contribution < 1.29 is 44.3 Å². The minimum absolute atomic E-state index is 0.0318. The molecule has 3 aromatic rings. The van der Waals surface area contributed by atoms with Crippen molar-refractivity contribution in [1.29, 1.82) is 0 Å². The van der Waals surface area contributed by atoms with Crippen LogP contribution in [0.3, 0.4) is 0 Å². The summed E-state index contributed by atoms with van der Waals surface area (Å²) in [6.45, 7) is 5.96. The monoisotopic (exact) mass is 654 g/mol. The maximum absolute atomic E-state index is 14.2. The summed E-state index contributed by atoms with van der Waals surface area (Å²) in [4.78, 5) is 51.7. The molecule has 11 nitrogen and oxygen atoms in total. The highest BCUT2D eigenvalue weighted by Gasteiger charge is 2.64. The summed E-state index contributed by atoms with van der Waals surface area (Å²) in [5.74, 6) is -8.47. The molecule has 1 fully saturated rings. The van der Waals surface area contributed by atoms with Gasteiger partial charge in [0.2, 0.25) is 5.78 Å². The number of nitrogens with one attached hydrogen (secondary N) is 1. The smallest absolute Gasteiger partial charge is 0.319 e. The van der Waals surface area contributed by atoms with Gasteiger partial charge in [-0.25, -0.2) is 0 Å². The van der Waals surface area contributed by atoms with Crippen LogP contribution in [0.2, 0.25) is 0 Å². The quantitative estimate of drug-likeness (QED) is 0.154. The van der Waals surface area contributed by atoms with Gasteiger partial charge in [0.15, 0.2) is 11.4 Å². The number of ether oxygens (including phenoxy) is 1. The number of ketones is 2. The SMILES string of the molecule is CCOC(=O)CNCc1ccc(-c2ccc(O)c3c2C[C@H]2C[C@H]4[C@H](C(C)C)C(=O)C(C(N)=O)=C(O)[C@@]4(O)C(=O)C2=C3O)c2ccccc12. The molecule has 0 aromatic heterocycles. The topological polar surface area (TPSA) is 196 Å². The van der Waals surface area contributed by atoms with Crippen LogP contribution < -0.4 is 11.1 Å². The fraction of sp³-hybridized carbons (Fsp3) is 0.351. The molecular weight excluding hydrogens is 616 g/mol. The fourth-order valence-electron chi connectivity index (χ4n) is 8.00. The van der Waals surface area contributed by atoms with E-state index in [1.54, 1.807) is 26.8 Å². The van der Waals surface area contributed by atoms with Gasteiger partial charge in [-0.15, -0.1) is 0 Å². The van der Waals surface area contributed by atoms with Crippen molar-refractivity contribution in [3.63, 3.8) is 0 Å². The van der Waals surface area contributed by atoms with Gasteiger partial charge >= 0.3 is 5.97 Å². The number of esters is 1. The average molecular weight is 655 g/mol. The molecular formula is C37H38N2O9. The molecule has 0 saturated heterocycles. The highest BCUT2D eigenvalue weighted by atomic mass is 16.5. The molecule has 6 rings (SSSR count). The summed E-state index contributed by atoms with van der Waals surface area (Å²) in [5, 5.41) is 50.7. The number of aliphatic hydroxyl groups is 3. The Morgan fingerprint density at radius 1 is 1.02 bits per heavy atom. The van der Waals surface area contributed by atoms with Crippen molar-refractivity contribution in [2.24, 2.45) is 29.4 Å². The lowest BCUT2D eigenvalue weighted by molar-refractivity contribution is -0.155. The molecule has 48 heavy (non-hydrogen) atoms. The third-order valence-corrected chi connectivity index (χ3v) is 10.0. The number of fused-ring (bicyclic) bond motifs is 4. The zero-order valence-corrected chi connectivity index (χ0v) is 26.9. The normalized spacial score (nSPS) is 23.6. The van der Waals surface area contributed by atoms with Crippen molar-refractivity contribution in [2.75, 3.05) is 13.2 Å². The Kier molecular flexibility index (Phi) is 8.38. The molecule has 4 atom stereocenters. The van der Waals surface area contributed by atoms with Crippen molar-refractivity contribution in [3.05, 3.63) is 82.1 Å². The first-order valence-electron chi connectivity index (χ1n) is 16.0. The summed E-state index contributed by atoms with van der Waals surface area (Å²) < 4.78 is 5.01. The summed E-state index contributed by atoms with van der Waals surface area (Å²) in [5.41, 5.74) is 4.85. The molecule has 1 saturated carbocycles. The highest BCUT2D eigenvalue weighted by Crippen LogP contribution is 2.55. The predicted octanol–water partition coefficient (Wildman–Crippen LogP) is 3.78. The number of phenolic OH excluding ortho intramolecular Hbond substituents is 1. The van der Waals surface area contributed by atoms with Gasteiger partial charge in [0.1, 0.15) is 22.8 Å². The summed E-state index contributed by atoms with van der Waals surface area (Å²) in [6.07, 6.45) is 0.215. The number of Topliss-reactive ketones (excluding diaryl/α,β-unsaturated/α-hetero) is 2. The Bertz CT molecular complexity index is 1960. The van der Waals surface area contributed by atoms with Gasteiger partial charge in [-0.05, 0) is 70.7 Å². The van der Waals surface area contributed by atoms with Crippen LogP contribution in [0.5, 0.6) is 5.75 Å². The molecule has 250 valence electrons. The van der Waals surface area contributed by atoms with E-state index >= 15 is 0 Å². The first kappa shape index (κ1) is 32.9. The molecule has 0 heterocycles. The van der Waals surface area contributed by atoms with Gasteiger partial charge in [-0.1, -0.05) is 56.3 Å². The second-order valence-electron chi connectivity index (χ2n) is 13.0. The third kappa shape index (κ3) is 4.96. The number of aromatic hydroxyl groups is 1. The maximum Gasteiger partial charge on any atom is 0.319 e. The van der Waals surface area contributed by atoms with E-state index in [1.807, 2.05) is 36.4 Å². The van der Waals surface area contributed by atoms with Gasteiger partial charge < -0.3 is 36.2 Å². The van der Waals surface area contributed by atoms with Crippen molar-refractivity contribution in [2.45, 2.75) is 45.8 Å². The maximum atomic E-state index is 14.2. The molecule has 7 N–H and O–H groups in total. The van der Waals surface area contributed by atoms with Crippen LogP contribution in [0, 0.1) is 23.7 Å². The minimum Gasteiger partial charge on any atom is -0.508 e.